The first-order valence-electron chi connectivity index (χ1n) is 6.11. The minimum absolute atomic E-state index is 0.385. The molecule has 3 nitrogen and oxygen atoms in total. The van der Waals surface area contributed by atoms with Gasteiger partial charge in [0.05, 0.1) is 6.20 Å². The number of rotatable bonds is 2. The number of nitrogens with zero attached hydrogens (tertiary/aromatic N) is 2. The Morgan fingerprint density at radius 3 is 2.69 bits per heavy atom. The topological polar surface area (TPSA) is 37.8 Å². The Balaban J connectivity index is 2.05. The maximum Gasteiger partial charge on any atom is 0.130 e. The maximum absolute atomic E-state index is 3.90. The van der Waals surface area contributed by atoms with Gasteiger partial charge in [-0.05, 0) is 24.2 Å². The number of anilines is 1. The lowest BCUT2D eigenvalue weighted by molar-refractivity contribution is 0.163. The predicted molar refractivity (Wildman–Crippen MR) is 68.7 cm³/mol. The summed E-state index contributed by atoms with van der Waals surface area (Å²) in [6.07, 6.45) is 7.17. The fraction of sp³-hybridized carbons (Fsp3) is 0.833. The highest BCUT2D eigenvalue weighted by Gasteiger charge is 2.34. The SMILES string of the molecule is CC(C)(C)C1CCCCC1Nc1cnns1. The van der Waals surface area contributed by atoms with Crippen LogP contribution < -0.4 is 5.32 Å². The van der Waals surface area contributed by atoms with Gasteiger partial charge in [0.2, 0.25) is 0 Å². The Morgan fingerprint density at radius 1 is 1.31 bits per heavy atom. The molecular formula is C12H21N3S. The van der Waals surface area contributed by atoms with E-state index in [4.69, 9.17) is 0 Å². The standard InChI is InChI=1S/C12H21N3S/c1-12(2,3)9-6-4-5-7-10(9)14-11-8-13-15-16-11/h8-10,14H,4-7H2,1-3H3. The summed E-state index contributed by atoms with van der Waals surface area (Å²) in [4.78, 5) is 0. The first kappa shape index (κ1) is 11.8. The highest BCUT2D eigenvalue weighted by atomic mass is 32.1. The largest absolute Gasteiger partial charge is 0.371 e. The van der Waals surface area contributed by atoms with E-state index < -0.39 is 0 Å². The quantitative estimate of drug-likeness (QED) is 0.857. The van der Waals surface area contributed by atoms with Gasteiger partial charge in [-0.1, -0.05) is 38.1 Å². The molecule has 1 N–H and O–H groups in total. The van der Waals surface area contributed by atoms with Crippen molar-refractivity contribution in [3.63, 3.8) is 0 Å². The molecule has 1 aliphatic carbocycles. The van der Waals surface area contributed by atoms with E-state index in [9.17, 15) is 0 Å². The molecule has 1 aromatic heterocycles. The van der Waals surface area contributed by atoms with Crippen LogP contribution in [0, 0.1) is 11.3 Å². The van der Waals surface area contributed by atoms with Crippen LogP contribution in [0.15, 0.2) is 6.20 Å². The highest BCUT2D eigenvalue weighted by molar-refractivity contribution is 7.09. The molecule has 90 valence electrons. The first-order chi connectivity index (χ1) is 7.57. The summed E-state index contributed by atoms with van der Waals surface area (Å²) >= 11 is 1.46. The van der Waals surface area contributed by atoms with Gasteiger partial charge in [-0.3, -0.25) is 0 Å². The molecule has 0 aliphatic heterocycles. The smallest absolute Gasteiger partial charge is 0.130 e. The van der Waals surface area contributed by atoms with Crippen LogP contribution in [0.3, 0.4) is 0 Å². The van der Waals surface area contributed by atoms with Crippen LogP contribution in [0.1, 0.15) is 46.5 Å². The van der Waals surface area contributed by atoms with E-state index in [1.165, 1.54) is 37.2 Å². The monoisotopic (exact) mass is 239 g/mol. The lowest BCUT2D eigenvalue weighted by atomic mass is 9.69. The maximum atomic E-state index is 3.90. The van der Waals surface area contributed by atoms with Crippen molar-refractivity contribution >= 4 is 16.5 Å². The molecule has 1 aromatic rings. The highest BCUT2D eigenvalue weighted by Crippen LogP contribution is 2.39. The summed E-state index contributed by atoms with van der Waals surface area (Å²) in [5.41, 5.74) is 0.385. The Labute approximate surface area is 102 Å². The van der Waals surface area contributed by atoms with Crippen LogP contribution in [-0.4, -0.2) is 15.6 Å². The molecule has 1 heterocycles. The average Bonchev–Trinajstić information content (AvgIpc) is 2.70. The van der Waals surface area contributed by atoms with Crippen molar-refractivity contribution in [3.8, 4) is 0 Å². The number of hydrogen-bond acceptors (Lipinski definition) is 4. The van der Waals surface area contributed by atoms with E-state index in [1.807, 2.05) is 6.20 Å². The average molecular weight is 239 g/mol. The van der Waals surface area contributed by atoms with E-state index in [0.29, 0.717) is 11.5 Å². The molecule has 0 amide bonds. The van der Waals surface area contributed by atoms with Gasteiger partial charge >= 0.3 is 0 Å². The molecule has 16 heavy (non-hydrogen) atoms. The van der Waals surface area contributed by atoms with Crippen molar-refractivity contribution in [1.82, 2.24) is 9.59 Å². The number of aromatic nitrogens is 2. The van der Waals surface area contributed by atoms with Crippen molar-refractivity contribution in [2.75, 3.05) is 5.32 Å². The van der Waals surface area contributed by atoms with Gasteiger partial charge in [-0.15, -0.1) is 5.10 Å². The van der Waals surface area contributed by atoms with E-state index in [-0.39, 0.29) is 0 Å². The Morgan fingerprint density at radius 2 is 2.06 bits per heavy atom. The summed E-state index contributed by atoms with van der Waals surface area (Å²) in [5.74, 6) is 0.753. The van der Waals surface area contributed by atoms with Gasteiger partial charge in [-0.25, -0.2) is 0 Å². The van der Waals surface area contributed by atoms with Gasteiger partial charge < -0.3 is 5.32 Å². The Bertz CT molecular complexity index is 316. The number of nitrogens with one attached hydrogen (secondary N) is 1. The van der Waals surface area contributed by atoms with Crippen LogP contribution in [-0.2, 0) is 0 Å². The van der Waals surface area contributed by atoms with E-state index >= 15 is 0 Å². The summed E-state index contributed by atoms with van der Waals surface area (Å²) < 4.78 is 3.90. The zero-order chi connectivity index (χ0) is 11.6. The van der Waals surface area contributed by atoms with Crippen molar-refractivity contribution in [2.24, 2.45) is 11.3 Å². The summed E-state index contributed by atoms with van der Waals surface area (Å²) in [7, 11) is 0. The predicted octanol–water partition coefficient (Wildman–Crippen LogP) is 3.55. The van der Waals surface area contributed by atoms with Crippen LogP contribution in [0.2, 0.25) is 0 Å². The van der Waals surface area contributed by atoms with E-state index in [1.54, 1.807) is 0 Å². The molecule has 1 aliphatic rings. The van der Waals surface area contributed by atoms with Gasteiger partial charge in [0, 0.05) is 17.6 Å². The Hall–Kier alpha value is -0.640. The minimum Gasteiger partial charge on any atom is -0.371 e. The third-order valence-electron chi connectivity index (χ3n) is 3.57. The van der Waals surface area contributed by atoms with Crippen molar-refractivity contribution in [2.45, 2.75) is 52.5 Å². The second kappa shape index (κ2) is 4.70. The normalized spacial score (nSPS) is 26.7. The van der Waals surface area contributed by atoms with Crippen LogP contribution in [0.4, 0.5) is 5.00 Å². The third kappa shape index (κ3) is 2.73. The van der Waals surface area contributed by atoms with Gasteiger partial charge in [0.1, 0.15) is 5.00 Å². The fourth-order valence-corrected chi connectivity index (χ4v) is 3.23. The summed E-state index contributed by atoms with van der Waals surface area (Å²) in [5, 5.41) is 8.60. The van der Waals surface area contributed by atoms with Crippen LogP contribution in [0.25, 0.3) is 0 Å². The van der Waals surface area contributed by atoms with E-state index in [0.717, 1.165) is 10.9 Å². The molecular weight excluding hydrogens is 218 g/mol. The molecule has 2 atom stereocenters. The van der Waals surface area contributed by atoms with Crippen molar-refractivity contribution in [3.05, 3.63) is 6.20 Å². The lowest BCUT2D eigenvalue weighted by Crippen LogP contribution is -2.39. The van der Waals surface area contributed by atoms with Gasteiger partial charge in [0.25, 0.3) is 0 Å². The molecule has 2 unspecified atom stereocenters. The molecule has 4 heteroatoms. The summed E-state index contributed by atoms with van der Waals surface area (Å²) in [6, 6.07) is 0.594. The van der Waals surface area contributed by atoms with E-state index in [2.05, 4.69) is 35.7 Å². The first-order valence-corrected chi connectivity index (χ1v) is 6.88. The molecule has 2 rings (SSSR count). The second-order valence-electron chi connectivity index (χ2n) is 5.79. The number of hydrogen-bond donors (Lipinski definition) is 1. The molecule has 1 fully saturated rings. The zero-order valence-corrected chi connectivity index (χ0v) is 11.2. The Kier molecular flexibility index (Phi) is 3.47. The zero-order valence-electron chi connectivity index (χ0n) is 10.4. The van der Waals surface area contributed by atoms with Crippen molar-refractivity contribution < 1.29 is 0 Å². The molecule has 0 aromatic carbocycles. The molecule has 0 radical (unpaired) electrons. The molecule has 0 saturated heterocycles. The molecule has 0 bridgehead atoms. The van der Waals surface area contributed by atoms with Gasteiger partial charge in [-0.2, -0.15) is 0 Å². The van der Waals surface area contributed by atoms with Gasteiger partial charge in [0.15, 0.2) is 0 Å². The minimum atomic E-state index is 0.385. The lowest BCUT2D eigenvalue weighted by Gasteiger charge is -2.40. The van der Waals surface area contributed by atoms with Crippen molar-refractivity contribution in [1.29, 1.82) is 0 Å². The summed E-state index contributed by atoms with van der Waals surface area (Å²) in [6.45, 7) is 7.05. The van der Waals surface area contributed by atoms with Crippen LogP contribution in [0.5, 0.6) is 0 Å². The second-order valence-corrected chi connectivity index (χ2v) is 6.58. The third-order valence-corrected chi connectivity index (χ3v) is 4.16. The molecule has 1 saturated carbocycles. The fourth-order valence-electron chi connectivity index (χ4n) is 2.75. The van der Waals surface area contributed by atoms with Crippen LogP contribution >= 0.6 is 11.5 Å². The molecule has 0 spiro atoms.